The number of aromatic amines is 1. The molecule has 0 saturated heterocycles. The van der Waals surface area contributed by atoms with Gasteiger partial charge in [0.05, 0.1) is 16.2 Å². The fourth-order valence-electron chi connectivity index (χ4n) is 4.53. The first kappa shape index (κ1) is 21.6. The predicted octanol–water partition coefficient (Wildman–Crippen LogP) is 3.74. The lowest BCUT2D eigenvalue weighted by molar-refractivity contribution is 0.103. The highest BCUT2D eigenvalue weighted by atomic mass is 32.2. The average molecular weight is 440 g/mol. The van der Waals surface area contributed by atoms with E-state index >= 15 is 0 Å². The fraction of sp³-hybridized carbons (Fsp3) is 0.375. The van der Waals surface area contributed by atoms with Gasteiger partial charge in [-0.1, -0.05) is 33.8 Å². The number of anilines is 1. The van der Waals surface area contributed by atoms with Crippen LogP contribution in [0.2, 0.25) is 0 Å². The van der Waals surface area contributed by atoms with E-state index in [2.05, 4.69) is 9.88 Å². The van der Waals surface area contributed by atoms with Gasteiger partial charge in [-0.25, -0.2) is 8.42 Å². The van der Waals surface area contributed by atoms with Gasteiger partial charge in [-0.05, 0) is 49.0 Å². The van der Waals surface area contributed by atoms with Gasteiger partial charge in [-0.15, -0.1) is 0 Å². The van der Waals surface area contributed by atoms with Crippen molar-refractivity contribution in [1.82, 2.24) is 9.88 Å². The van der Waals surface area contributed by atoms with E-state index in [0.29, 0.717) is 23.4 Å². The van der Waals surface area contributed by atoms with Crippen LogP contribution in [-0.2, 0) is 15.3 Å². The minimum Gasteiger partial charge on any atom is -0.399 e. The Bertz CT molecular complexity index is 1280. The Hall–Kier alpha value is -2.64. The van der Waals surface area contributed by atoms with Crippen LogP contribution >= 0.6 is 0 Å². The summed E-state index contributed by atoms with van der Waals surface area (Å²) in [7, 11) is -3.46. The van der Waals surface area contributed by atoms with Crippen LogP contribution < -0.4 is 5.73 Å². The highest BCUT2D eigenvalue weighted by Gasteiger charge is 2.40. The molecule has 1 heterocycles. The van der Waals surface area contributed by atoms with Gasteiger partial charge < -0.3 is 15.6 Å². The number of ketones is 1. The minimum atomic E-state index is -3.46. The molecule has 2 aromatic carbocycles. The van der Waals surface area contributed by atoms with Crippen LogP contribution in [0.15, 0.2) is 41.3 Å². The minimum absolute atomic E-state index is 0.0543. The Labute approximate surface area is 183 Å². The smallest absolute Gasteiger partial charge is 0.195 e. The molecule has 0 unspecified atom stereocenters. The molecule has 0 amide bonds. The lowest BCUT2D eigenvalue weighted by atomic mass is 9.71. The molecule has 0 fully saturated rings. The van der Waals surface area contributed by atoms with E-state index in [1.165, 1.54) is 0 Å². The first-order valence-electron chi connectivity index (χ1n) is 10.7. The number of nitrogens with two attached hydrogens (primary N) is 1. The number of nitrogens with one attached hydrogen (secondary N) is 1. The number of benzene rings is 2. The zero-order valence-electron chi connectivity index (χ0n) is 18.5. The molecule has 1 aliphatic carbocycles. The molecule has 1 aliphatic rings. The highest BCUT2D eigenvalue weighted by Crippen LogP contribution is 2.44. The number of aromatic nitrogens is 1. The summed E-state index contributed by atoms with van der Waals surface area (Å²) in [5, 5.41) is 0.837. The Morgan fingerprint density at radius 1 is 1.06 bits per heavy atom. The second-order valence-electron chi connectivity index (χ2n) is 8.69. The molecule has 4 rings (SSSR count). The number of hydrogen-bond acceptors (Lipinski definition) is 5. The second kappa shape index (κ2) is 7.50. The summed E-state index contributed by atoms with van der Waals surface area (Å²) in [4.78, 5) is 19.1. The number of nitrogens with zero attached hydrogens (tertiary/aromatic N) is 1. The van der Waals surface area contributed by atoms with Gasteiger partial charge in [-0.2, -0.15) is 0 Å². The van der Waals surface area contributed by atoms with Crippen LogP contribution in [0.25, 0.3) is 10.9 Å². The standard InChI is InChI=1S/C24H29N3O3S/c1-5-27(6-2)11-12-31(29,30)16-8-10-17-19(14-16)24(3,4)23-21(22(17)28)18-9-7-15(25)13-20(18)26-23/h7-10,13-14,26H,5-6,11-12,25H2,1-4H3. The summed E-state index contributed by atoms with van der Waals surface area (Å²) < 4.78 is 26.1. The zero-order valence-corrected chi connectivity index (χ0v) is 19.3. The Balaban J connectivity index is 1.80. The summed E-state index contributed by atoms with van der Waals surface area (Å²) >= 11 is 0. The number of rotatable bonds is 6. The Morgan fingerprint density at radius 3 is 2.45 bits per heavy atom. The third-order valence-corrected chi connectivity index (χ3v) is 8.21. The molecule has 0 aliphatic heterocycles. The largest absolute Gasteiger partial charge is 0.399 e. The van der Waals surface area contributed by atoms with Crippen molar-refractivity contribution in [2.45, 2.75) is 38.0 Å². The predicted molar refractivity (Wildman–Crippen MR) is 125 cm³/mol. The van der Waals surface area contributed by atoms with Crippen LogP contribution in [-0.4, -0.2) is 49.5 Å². The lowest BCUT2D eigenvalue weighted by Crippen LogP contribution is -2.31. The molecule has 0 spiro atoms. The Kier molecular flexibility index (Phi) is 5.22. The van der Waals surface area contributed by atoms with Crippen LogP contribution in [0, 0.1) is 0 Å². The van der Waals surface area contributed by atoms with Crippen LogP contribution in [0.3, 0.4) is 0 Å². The number of carbonyl (C=O) groups is 1. The summed E-state index contributed by atoms with van der Waals surface area (Å²) in [6.45, 7) is 10.2. The zero-order chi connectivity index (χ0) is 22.6. The molecule has 6 nitrogen and oxygen atoms in total. The molecule has 1 aromatic heterocycles. The van der Waals surface area contributed by atoms with Crippen molar-refractivity contribution in [3.63, 3.8) is 0 Å². The maximum atomic E-state index is 13.4. The normalized spacial score (nSPS) is 15.3. The lowest BCUT2D eigenvalue weighted by Gasteiger charge is -2.32. The third kappa shape index (κ3) is 3.46. The van der Waals surface area contributed by atoms with Gasteiger partial charge in [0.25, 0.3) is 0 Å². The van der Waals surface area contributed by atoms with Gasteiger partial charge in [0.2, 0.25) is 0 Å². The SMILES string of the molecule is CCN(CC)CCS(=O)(=O)c1ccc2c(c1)C(C)(C)c1[nH]c3cc(N)ccc3c1C2=O. The van der Waals surface area contributed by atoms with Crippen molar-refractivity contribution in [2.75, 3.05) is 31.1 Å². The number of fused-ring (bicyclic) bond motifs is 4. The van der Waals surface area contributed by atoms with Crippen molar-refractivity contribution in [3.05, 3.63) is 58.8 Å². The van der Waals surface area contributed by atoms with E-state index in [1.807, 2.05) is 39.8 Å². The first-order chi connectivity index (χ1) is 14.6. The summed E-state index contributed by atoms with van der Waals surface area (Å²) in [5.74, 6) is -0.0360. The van der Waals surface area contributed by atoms with Gasteiger partial charge in [0.15, 0.2) is 15.6 Å². The van der Waals surface area contributed by atoms with E-state index in [1.54, 1.807) is 24.3 Å². The van der Waals surface area contributed by atoms with Crippen molar-refractivity contribution < 1.29 is 13.2 Å². The summed E-state index contributed by atoms with van der Waals surface area (Å²) in [5.41, 5.74) is 9.53. The topological polar surface area (TPSA) is 96.3 Å². The number of hydrogen-bond donors (Lipinski definition) is 2. The van der Waals surface area contributed by atoms with E-state index < -0.39 is 15.3 Å². The van der Waals surface area contributed by atoms with Crippen molar-refractivity contribution in [2.24, 2.45) is 0 Å². The number of nitrogen functional groups attached to an aromatic ring is 1. The van der Waals surface area contributed by atoms with E-state index in [-0.39, 0.29) is 16.4 Å². The molecule has 7 heteroatoms. The molecule has 31 heavy (non-hydrogen) atoms. The van der Waals surface area contributed by atoms with E-state index in [9.17, 15) is 13.2 Å². The molecule has 3 aromatic rings. The van der Waals surface area contributed by atoms with E-state index in [0.717, 1.165) is 35.2 Å². The van der Waals surface area contributed by atoms with E-state index in [4.69, 9.17) is 5.73 Å². The molecule has 0 atom stereocenters. The summed E-state index contributed by atoms with van der Waals surface area (Å²) in [6.07, 6.45) is 0. The van der Waals surface area contributed by atoms with Crippen LogP contribution in [0.1, 0.15) is 54.9 Å². The number of carbonyl (C=O) groups excluding carboxylic acids is 1. The molecule has 164 valence electrons. The average Bonchev–Trinajstić information content (AvgIpc) is 3.12. The molecular weight excluding hydrogens is 410 g/mol. The van der Waals surface area contributed by atoms with Crippen molar-refractivity contribution in [3.8, 4) is 0 Å². The van der Waals surface area contributed by atoms with Gasteiger partial charge in [0, 0.05) is 39.8 Å². The highest BCUT2D eigenvalue weighted by molar-refractivity contribution is 7.91. The molecule has 0 saturated carbocycles. The monoisotopic (exact) mass is 439 g/mol. The fourth-order valence-corrected chi connectivity index (χ4v) is 5.83. The number of sulfone groups is 1. The van der Waals surface area contributed by atoms with Crippen molar-refractivity contribution >= 4 is 32.2 Å². The maximum absolute atomic E-state index is 13.4. The van der Waals surface area contributed by atoms with Gasteiger partial charge in [0.1, 0.15) is 0 Å². The van der Waals surface area contributed by atoms with Crippen LogP contribution in [0.4, 0.5) is 5.69 Å². The molecule has 3 N–H and O–H groups in total. The third-order valence-electron chi connectivity index (χ3n) is 6.51. The first-order valence-corrected chi connectivity index (χ1v) is 12.3. The Morgan fingerprint density at radius 2 is 1.77 bits per heavy atom. The maximum Gasteiger partial charge on any atom is 0.195 e. The van der Waals surface area contributed by atoms with Gasteiger partial charge >= 0.3 is 0 Å². The van der Waals surface area contributed by atoms with Crippen LogP contribution in [0.5, 0.6) is 0 Å². The quantitative estimate of drug-likeness (QED) is 0.571. The van der Waals surface area contributed by atoms with Crippen molar-refractivity contribution in [1.29, 1.82) is 0 Å². The molecular formula is C24H29N3O3S. The second-order valence-corrected chi connectivity index (χ2v) is 10.8. The van der Waals surface area contributed by atoms with Gasteiger partial charge in [-0.3, -0.25) is 4.79 Å². The summed E-state index contributed by atoms with van der Waals surface area (Å²) in [6, 6.07) is 10.4. The number of H-pyrrole nitrogens is 1. The molecule has 0 radical (unpaired) electrons. The molecule has 0 bridgehead atoms.